The zero-order chi connectivity index (χ0) is 18.3. The molecule has 3 N–H and O–H groups in total. The summed E-state index contributed by atoms with van der Waals surface area (Å²) in [6, 6.07) is 19.1. The molecule has 2 aromatic carbocycles. The van der Waals surface area contributed by atoms with Crippen molar-refractivity contribution < 1.29 is 14.6 Å². The first-order valence-electron chi connectivity index (χ1n) is 8.45. The Bertz CT molecular complexity index is 906. The van der Waals surface area contributed by atoms with Gasteiger partial charge in [0.2, 0.25) is 0 Å². The summed E-state index contributed by atoms with van der Waals surface area (Å²) >= 11 is 1.60. The van der Waals surface area contributed by atoms with Crippen molar-refractivity contribution in [1.82, 2.24) is 0 Å². The van der Waals surface area contributed by atoms with Crippen molar-refractivity contribution in [3.8, 4) is 11.1 Å². The van der Waals surface area contributed by atoms with Gasteiger partial charge in [-0.1, -0.05) is 54.6 Å². The van der Waals surface area contributed by atoms with Crippen molar-refractivity contribution >= 4 is 17.3 Å². The standard InChI is InChI=1S/C21H19NO3S/c1-13(19(22)20(23)24)25-21(18-11-6-12-26-18)16-9-4-2-7-14(16)15-8-3-5-10-17(15)21/h2-13,19H,22H2,1H3,(H,23,24)/t13?,19-/m0/s1. The minimum Gasteiger partial charge on any atom is -0.480 e. The van der Waals surface area contributed by atoms with Gasteiger partial charge in [0, 0.05) is 16.0 Å². The van der Waals surface area contributed by atoms with Crippen molar-refractivity contribution in [3.63, 3.8) is 0 Å². The Hall–Kier alpha value is -2.47. The summed E-state index contributed by atoms with van der Waals surface area (Å²) in [6.45, 7) is 1.72. The van der Waals surface area contributed by atoms with Gasteiger partial charge in [-0.25, -0.2) is 0 Å². The normalized spacial score (nSPS) is 16.5. The molecule has 2 atom stereocenters. The summed E-state index contributed by atoms with van der Waals surface area (Å²) in [5, 5.41) is 11.3. The Morgan fingerprint density at radius 3 is 2.12 bits per heavy atom. The highest BCUT2D eigenvalue weighted by atomic mass is 32.1. The molecule has 1 heterocycles. The van der Waals surface area contributed by atoms with Crippen molar-refractivity contribution in [2.45, 2.75) is 24.7 Å². The van der Waals surface area contributed by atoms with Crippen molar-refractivity contribution in [1.29, 1.82) is 0 Å². The van der Waals surface area contributed by atoms with Gasteiger partial charge in [-0.15, -0.1) is 11.3 Å². The molecule has 4 rings (SSSR count). The number of rotatable bonds is 5. The second-order valence-electron chi connectivity index (χ2n) is 6.44. The summed E-state index contributed by atoms with van der Waals surface area (Å²) in [7, 11) is 0. The van der Waals surface area contributed by atoms with Gasteiger partial charge in [-0.3, -0.25) is 4.79 Å². The average Bonchev–Trinajstić information content (AvgIpc) is 3.28. The third kappa shape index (κ3) is 2.40. The van der Waals surface area contributed by atoms with Crippen molar-refractivity contribution in [2.75, 3.05) is 0 Å². The second kappa shape index (κ2) is 6.36. The lowest BCUT2D eigenvalue weighted by Crippen LogP contribution is -2.46. The molecule has 0 bridgehead atoms. The maximum Gasteiger partial charge on any atom is 0.323 e. The number of hydrogen-bond acceptors (Lipinski definition) is 4. The Kier molecular flexibility index (Phi) is 4.15. The molecular weight excluding hydrogens is 346 g/mol. The van der Waals surface area contributed by atoms with Crippen molar-refractivity contribution in [3.05, 3.63) is 82.0 Å². The smallest absolute Gasteiger partial charge is 0.323 e. The topological polar surface area (TPSA) is 72.5 Å². The molecule has 5 heteroatoms. The van der Waals surface area contributed by atoms with E-state index in [0.717, 1.165) is 27.1 Å². The van der Waals surface area contributed by atoms with E-state index in [4.69, 9.17) is 10.5 Å². The molecule has 0 spiro atoms. The monoisotopic (exact) mass is 365 g/mol. The summed E-state index contributed by atoms with van der Waals surface area (Å²) in [6.07, 6.45) is -0.672. The minimum absolute atomic E-state index is 0.672. The highest BCUT2D eigenvalue weighted by Gasteiger charge is 2.48. The van der Waals surface area contributed by atoms with Crippen LogP contribution < -0.4 is 5.73 Å². The van der Waals surface area contributed by atoms with Gasteiger partial charge in [0.1, 0.15) is 6.04 Å². The van der Waals surface area contributed by atoms with E-state index in [1.54, 1.807) is 18.3 Å². The number of carboxylic acid groups (broad SMARTS) is 1. The van der Waals surface area contributed by atoms with E-state index in [9.17, 15) is 9.90 Å². The van der Waals surface area contributed by atoms with Crippen LogP contribution in [0.25, 0.3) is 11.1 Å². The summed E-state index contributed by atoms with van der Waals surface area (Å²) < 4.78 is 6.52. The summed E-state index contributed by atoms with van der Waals surface area (Å²) in [5.41, 5.74) is 9.27. The molecule has 132 valence electrons. The predicted molar refractivity (Wildman–Crippen MR) is 102 cm³/mol. The molecule has 0 amide bonds. The Morgan fingerprint density at radius 2 is 1.62 bits per heavy atom. The zero-order valence-electron chi connectivity index (χ0n) is 14.3. The maximum absolute atomic E-state index is 11.4. The van der Waals surface area contributed by atoms with Crippen LogP contribution in [0.3, 0.4) is 0 Å². The second-order valence-corrected chi connectivity index (χ2v) is 7.38. The summed E-state index contributed by atoms with van der Waals surface area (Å²) in [5.74, 6) is -1.07. The zero-order valence-corrected chi connectivity index (χ0v) is 15.1. The van der Waals surface area contributed by atoms with Gasteiger partial charge in [0.25, 0.3) is 0 Å². The Balaban J connectivity index is 1.97. The number of nitrogens with two attached hydrogens (primary N) is 1. The van der Waals surface area contributed by atoms with E-state index < -0.39 is 23.7 Å². The minimum atomic E-state index is -1.10. The SMILES string of the molecule is CC(OC1(c2cccs2)c2ccccc2-c2ccccc21)[C@H](N)C(=O)O. The fourth-order valence-electron chi connectivity index (χ4n) is 3.68. The van der Waals surface area contributed by atoms with Crippen LogP contribution in [0.15, 0.2) is 66.0 Å². The van der Waals surface area contributed by atoms with Crippen molar-refractivity contribution in [2.24, 2.45) is 5.73 Å². The van der Waals surface area contributed by atoms with Crippen LogP contribution >= 0.6 is 11.3 Å². The van der Waals surface area contributed by atoms with Gasteiger partial charge >= 0.3 is 5.97 Å². The highest BCUT2D eigenvalue weighted by molar-refractivity contribution is 7.10. The van der Waals surface area contributed by atoms with Crippen LogP contribution in [-0.2, 0) is 15.1 Å². The number of fused-ring (bicyclic) bond motifs is 3. The third-order valence-electron chi connectivity index (χ3n) is 4.92. The van der Waals surface area contributed by atoms with E-state index in [1.807, 2.05) is 53.9 Å². The van der Waals surface area contributed by atoms with Crippen LogP contribution in [-0.4, -0.2) is 23.2 Å². The van der Waals surface area contributed by atoms with Gasteiger partial charge < -0.3 is 15.6 Å². The lowest BCUT2D eigenvalue weighted by Gasteiger charge is -2.35. The molecule has 0 saturated carbocycles. The van der Waals surface area contributed by atoms with E-state index in [1.165, 1.54) is 0 Å². The number of carbonyl (C=O) groups is 1. The lowest BCUT2D eigenvalue weighted by molar-refractivity contribution is -0.144. The molecule has 0 saturated heterocycles. The number of carboxylic acids is 1. The third-order valence-corrected chi connectivity index (χ3v) is 5.90. The first-order chi connectivity index (χ1) is 12.6. The highest BCUT2D eigenvalue weighted by Crippen LogP contribution is 2.54. The molecule has 0 radical (unpaired) electrons. The quantitative estimate of drug-likeness (QED) is 0.721. The largest absolute Gasteiger partial charge is 0.480 e. The summed E-state index contributed by atoms with van der Waals surface area (Å²) in [4.78, 5) is 12.4. The predicted octanol–water partition coefficient (Wildman–Crippen LogP) is 3.84. The molecule has 1 aliphatic carbocycles. The number of thiophene rings is 1. The number of aliphatic carboxylic acids is 1. The van der Waals surface area contributed by atoms with Crippen LogP contribution in [0.2, 0.25) is 0 Å². The van der Waals surface area contributed by atoms with Crippen LogP contribution in [0.4, 0.5) is 0 Å². The van der Waals surface area contributed by atoms with Gasteiger partial charge in [0.05, 0.1) is 6.10 Å². The Labute approximate surface area is 155 Å². The fraction of sp³-hybridized carbons (Fsp3) is 0.190. The molecule has 26 heavy (non-hydrogen) atoms. The maximum atomic E-state index is 11.4. The Morgan fingerprint density at radius 1 is 1.04 bits per heavy atom. The van der Waals surface area contributed by atoms with E-state index >= 15 is 0 Å². The number of ether oxygens (including phenoxy) is 1. The molecule has 1 unspecified atom stereocenters. The molecule has 0 fully saturated rings. The molecular formula is C21H19NO3S. The molecule has 0 aliphatic heterocycles. The molecule has 4 nitrogen and oxygen atoms in total. The van der Waals surface area contributed by atoms with Crippen LogP contribution in [0.5, 0.6) is 0 Å². The number of benzene rings is 2. The lowest BCUT2D eigenvalue weighted by atomic mass is 9.89. The van der Waals surface area contributed by atoms with Crippen LogP contribution in [0, 0.1) is 0 Å². The van der Waals surface area contributed by atoms with Gasteiger partial charge in [-0.05, 0) is 29.5 Å². The molecule has 1 aromatic heterocycles. The van der Waals surface area contributed by atoms with Gasteiger partial charge in [0.15, 0.2) is 5.60 Å². The van der Waals surface area contributed by atoms with E-state index in [0.29, 0.717) is 0 Å². The first kappa shape index (κ1) is 17.0. The average molecular weight is 365 g/mol. The van der Waals surface area contributed by atoms with E-state index in [-0.39, 0.29) is 0 Å². The number of hydrogen-bond donors (Lipinski definition) is 2. The molecule has 1 aliphatic rings. The first-order valence-corrected chi connectivity index (χ1v) is 9.33. The van der Waals surface area contributed by atoms with Gasteiger partial charge in [-0.2, -0.15) is 0 Å². The molecule has 3 aromatic rings. The van der Waals surface area contributed by atoms with Crippen LogP contribution in [0.1, 0.15) is 22.9 Å². The van der Waals surface area contributed by atoms with E-state index in [2.05, 4.69) is 12.1 Å². The fourth-order valence-corrected chi connectivity index (χ4v) is 4.57.